The van der Waals surface area contributed by atoms with Gasteiger partial charge in [-0.2, -0.15) is 5.26 Å². The molecule has 1 aromatic carbocycles. The van der Waals surface area contributed by atoms with Crippen LogP contribution in [0.1, 0.15) is 5.56 Å². The van der Waals surface area contributed by atoms with E-state index in [1.165, 1.54) is 6.07 Å². The molecule has 0 atom stereocenters. The number of esters is 1. The topological polar surface area (TPSA) is 154 Å². The summed E-state index contributed by atoms with van der Waals surface area (Å²) in [5.41, 5.74) is -2.09. The van der Waals surface area contributed by atoms with Crippen LogP contribution >= 0.6 is 0 Å². The average Bonchev–Trinajstić information content (AvgIpc) is 2.41. The number of nitro benzene ring substituents is 1. The summed E-state index contributed by atoms with van der Waals surface area (Å²) >= 11 is 0. The zero-order chi connectivity index (χ0) is 15.4. The van der Waals surface area contributed by atoms with Crippen molar-refractivity contribution in [1.29, 1.82) is 5.26 Å². The Kier molecular flexibility index (Phi) is 4.12. The number of phenolic OH excluding ortho intramolecular Hbond substituents is 2. The van der Waals surface area contributed by atoms with Crippen molar-refractivity contribution in [2.24, 2.45) is 0 Å². The third-order valence-corrected chi connectivity index (χ3v) is 2.28. The van der Waals surface area contributed by atoms with E-state index in [0.29, 0.717) is 6.07 Å². The quantitative estimate of drug-likeness (QED) is 0.141. The SMILES string of the molecule is COC(=O)/C(C#N)=C(\O)c1cc(O)c(O)c([N+](=O)[O-])c1. The number of nitrogens with zero attached hydrogens (tertiary/aromatic N) is 2. The zero-order valence-electron chi connectivity index (χ0n) is 10.0. The highest BCUT2D eigenvalue weighted by Gasteiger charge is 2.23. The first-order valence-corrected chi connectivity index (χ1v) is 4.95. The number of rotatable bonds is 3. The molecule has 0 radical (unpaired) electrons. The highest BCUT2D eigenvalue weighted by atomic mass is 16.6. The highest BCUT2D eigenvalue weighted by Crippen LogP contribution is 2.38. The van der Waals surface area contributed by atoms with Crippen molar-refractivity contribution in [2.75, 3.05) is 7.11 Å². The molecule has 1 rings (SSSR count). The van der Waals surface area contributed by atoms with Crippen LogP contribution in [0.15, 0.2) is 17.7 Å². The van der Waals surface area contributed by atoms with E-state index in [2.05, 4.69) is 4.74 Å². The Morgan fingerprint density at radius 2 is 2.05 bits per heavy atom. The number of hydrogen-bond acceptors (Lipinski definition) is 8. The summed E-state index contributed by atoms with van der Waals surface area (Å²) in [6.07, 6.45) is 0. The van der Waals surface area contributed by atoms with Gasteiger partial charge in [0.05, 0.1) is 12.0 Å². The van der Waals surface area contributed by atoms with Crippen molar-refractivity contribution in [2.45, 2.75) is 0 Å². The van der Waals surface area contributed by atoms with Gasteiger partial charge in [-0.05, 0) is 6.07 Å². The number of nitriles is 1. The number of benzene rings is 1. The number of methoxy groups -OCH3 is 1. The molecule has 9 nitrogen and oxygen atoms in total. The molecular formula is C11H8N2O7. The van der Waals surface area contributed by atoms with Crippen molar-refractivity contribution in [3.8, 4) is 17.6 Å². The number of ether oxygens (including phenoxy) is 1. The van der Waals surface area contributed by atoms with Crippen LogP contribution in [0.4, 0.5) is 5.69 Å². The average molecular weight is 280 g/mol. The summed E-state index contributed by atoms with van der Waals surface area (Å²) < 4.78 is 4.25. The van der Waals surface area contributed by atoms with Crippen molar-refractivity contribution >= 4 is 17.4 Å². The first-order chi connectivity index (χ1) is 9.33. The lowest BCUT2D eigenvalue weighted by Gasteiger charge is -2.05. The van der Waals surface area contributed by atoms with Gasteiger partial charge in [0.1, 0.15) is 11.8 Å². The van der Waals surface area contributed by atoms with E-state index >= 15 is 0 Å². The number of aliphatic hydroxyl groups is 1. The Hall–Kier alpha value is -3.28. The Morgan fingerprint density at radius 3 is 2.50 bits per heavy atom. The maximum Gasteiger partial charge on any atom is 0.352 e. The molecule has 9 heteroatoms. The maximum absolute atomic E-state index is 11.2. The standard InChI is InChI=1S/C11H8N2O7/c1-20-11(17)6(4-12)9(15)5-2-7(13(18)19)10(16)8(14)3-5/h2-3,14-16H,1H3/b9-6-. The second-order valence-electron chi connectivity index (χ2n) is 3.45. The Morgan fingerprint density at radius 1 is 1.45 bits per heavy atom. The van der Waals surface area contributed by atoms with E-state index in [1.54, 1.807) is 0 Å². The Balaban J connectivity index is 3.56. The monoisotopic (exact) mass is 280 g/mol. The van der Waals surface area contributed by atoms with Crippen LogP contribution in [0.5, 0.6) is 11.5 Å². The number of hydrogen-bond donors (Lipinski definition) is 3. The zero-order valence-corrected chi connectivity index (χ0v) is 10.0. The summed E-state index contributed by atoms with van der Waals surface area (Å²) in [7, 11) is 0.976. The smallest absolute Gasteiger partial charge is 0.352 e. The predicted octanol–water partition coefficient (Wildman–Crippen LogP) is 0.972. The number of carbonyl (C=O) groups excluding carboxylic acids is 1. The number of aliphatic hydroxyl groups excluding tert-OH is 1. The maximum atomic E-state index is 11.2. The molecule has 0 bridgehead atoms. The van der Waals surface area contributed by atoms with Crippen molar-refractivity contribution in [3.05, 3.63) is 33.4 Å². The molecule has 0 fully saturated rings. The van der Waals surface area contributed by atoms with Crippen molar-refractivity contribution < 1.29 is 29.8 Å². The number of carbonyl (C=O) groups is 1. The van der Waals surface area contributed by atoms with E-state index in [9.17, 15) is 30.2 Å². The van der Waals surface area contributed by atoms with Crippen LogP contribution in [-0.4, -0.2) is 33.3 Å². The van der Waals surface area contributed by atoms with Crippen LogP contribution in [-0.2, 0) is 9.53 Å². The molecule has 0 spiro atoms. The summed E-state index contributed by atoms with van der Waals surface area (Å²) in [5.74, 6) is -3.95. The van der Waals surface area contributed by atoms with Crippen LogP contribution in [0, 0.1) is 21.4 Å². The third-order valence-electron chi connectivity index (χ3n) is 2.28. The van der Waals surface area contributed by atoms with E-state index in [1.807, 2.05) is 0 Å². The molecule has 0 aliphatic rings. The van der Waals surface area contributed by atoms with E-state index in [0.717, 1.165) is 13.2 Å². The van der Waals surface area contributed by atoms with E-state index in [4.69, 9.17) is 5.26 Å². The fraction of sp³-hybridized carbons (Fsp3) is 0.0909. The van der Waals surface area contributed by atoms with Gasteiger partial charge >= 0.3 is 11.7 Å². The van der Waals surface area contributed by atoms with Crippen LogP contribution in [0.3, 0.4) is 0 Å². The minimum atomic E-state index is -1.15. The van der Waals surface area contributed by atoms with Gasteiger partial charge in [0.2, 0.25) is 5.75 Å². The van der Waals surface area contributed by atoms with Gasteiger partial charge in [0.15, 0.2) is 11.3 Å². The molecule has 0 heterocycles. The summed E-state index contributed by atoms with van der Waals surface area (Å²) in [6.45, 7) is 0. The first kappa shape index (κ1) is 14.8. The highest BCUT2D eigenvalue weighted by molar-refractivity contribution is 6.00. The molecule has 104 valence electrons. The molecule has 0 saturated carbocycles. The lowest BCUT2D eigenvalue weighted by atomic mass is 10.1. The van der Waals surface area contributed by atoms with E-state index < -0.39 is 45.0 Å². The van der Waals surface area contributed by atoms with Crippen molar-refractivity contribution in [3.63, 3.8) is 0 Å². The van der Waals surface area contributed by atoms with Crippen molar-refractivity contribution in [1.82, 2.24) is 0 Å². The van der Waals surface area contributed by atoms with Crippen LogP contribution < -0.4 is 0 Å². The first-order valence-electron chi connectivity index (χ1n) is 4.95. The van der Waals surface area contributed by atoms with Crippen LogP contribution in [0.25, 0.3) is 5.76 Å². The molecule has 3 N–H and O–H groups in total. The number of aromatic hydroxyl groups is 2. The van der Waals surface area contributed by atoms with Gasteiger partial charge in [0.25, 0.3) is 0 Å². The van der Waals surface area contributed by atoms with Gasteiger partial charge in [-0.1, -0.05) is 0 Å². The molecule has 0 unspecified atom stereocenters. The van der Waals surface area contributed by atoms with Gasteiger partial charge in [-0.25, -0.2) is 4.79 Å². The Bertz CT molecular complexity index is 657. The van der Waals surface area contributed by atoms with Gasteiger partial charge < -0.3 is 20.1 Å². The second kappa shape index (κ2) is 5.57. The van der Waals surface area contributed by atoms with Gasteiger partial charge in [-0.3, -0.25) is 10.1 Å². The molecular weight excluding hydrogens is 272 g/mol. The molecule has 1 aromatic rings. The summed E-state index contributed by atoms with van der Waals surface area (Å²) in [5, 5.41) is 47.8. The molecule has 0 aromatic heterocycles. The van der Waals surface area contributed by atoms with E-state index in [-0.39, 0.29) is 0 Å². The molecule has 0 saturated heterocycles. The minimum absolute atomic E-state index is 0.394. The van der Waals surface area contributed by atoms with Crippen LogP contribution in [0.2, 0.25) is 0 Å². The minimum Gasteiger partial charge on any atom is -0.506 e. The van der Waals surface area contributed by atoms with Gasteiger partial charge in [-0.15, -0.1) is 0 Å². The lowest BCUT2D eigenvalue weighted by Crippen LogP contribution is -2.06. The van der Waals surface area contributed by atoms with Gasteiger partial charge in [0, 0.05) is 11.6 Å². The summed E-state index contributed by atoms with van der Waals surface area (Å²) in [4.78, 5) is 20.9. The largest absolute Gasteiger partial charge is 0.506 e. The number of phenols is 2. The Labute approximate surface area is 111 Å². The molecule has 0 aliphatic carbocycles. The molecule has 0 aliphatic heterocycles. The lowest BCUT2D eigenvalue weighted by molar-refractivity contribution is -0.386. The molecule has 0 amide bonds. The fourth-order valence-electron chi connectivity index (χ4n) is 1.32. The predicted molar refractivity (Wildman–Crippen MR) is 63.6 cm³/mol. The number of nitro groups is 1. The second-order valence-corrected chi connectivity index (χ2v) is 3.45. The summed E-state index contributed by atoms with van der Waals surface area (Å²) in [6, 6.07) is 2.84. The molecule has 20 heavy (non-hydrogen) atoms. The third kappa shape index (κ3) is 2.59. The normalized spacial score (nSPS) is 11.2. The fourth-order valence-corrected chi connectivity index (χ4v) is 1.32.